The lowest BCUT2D eigenvalue weighted by Crippen LogP contribution is -1.89. The van der Waals surface area contributed by atoms with Gasteiger partial charge in [-0.05, 0) is 35.9 Å². The standard InChI is InChI=1S/C13H8Cl3N3O/c14-6-1-2-7(8(15)5-6)11-12(18-19-13(11)17)9-3-4-10(16)20-9/h1-5H,(H3,17,18,19). The van der Waals surface area contributed by atoms with E-state index in [1.807, 2.05) is 0 Å². The number of aromatic nitrogens is 2. The molecule has 0 saturated carbocycles. The van der Waals surface area contributed by atoms with Crippen LogP contribution in [0.2, 0.25) is 15.3 Å². The molecule has 0 amide bonds. The second-order valence-corrected chi connectivity index (χ2v) is 5.30. The summed E-state index contributed by atoms with van der Waals surface area (Å²) in [6, 6.07) is 8.52. The molecule has 0 atom stereocenters. The van der Waals surface area contributed by atoms with Gasteiger partial charge >= 0.3 is 0 Å². The molecule has 4 nitrogen and oxygen atoms in total. The molecule has 7 heteroatoms. The van der Waals surface area contributed by atoms with Gasteiger partial charge in [-0.1, -0.05) is 29.3 Å². The lowest BCUT2D eigenvalue weighted by Gasteiger charge is -2.05. The van der Waals surface area contributed by atoms with Gasteiger partial charge in [-0.2, -0.15) is 5.10 Å². The smallest absolute Gasteiger partial charge is 0.194 e. The Balaban J connectivity index is 2.21. The third kappa shape index (κ3) is 2.26. The first-order valence-corrected chi connectivity index (χ1v) is 6.74. The molecule has 0 bridgehead atoms. The number of nitrogens with one attached hydrogen (secondary N) is 1. The molecule has 0 aliphatic rings. The van der Waals surface area contributed by atoms with Crippen LogP contribution in [-0.2, 0) is 0 Å². The first kappa shape index (κ1) is 13.4. The van der Waals surface area contributed by atoms with Crippen molar-refractivity contribution in [2.75, 3.05) is 5.73 Å². The van der Waals surface area contributed by atoms with Crippen LogP contribution >= 0.6 is 34.8 Å². The van der Waals surface area contributed by atoms with Gasteiger partial charge in [0.05, 0.1) is 10.6 Å². The fourth-order valence-corrected chi connectivity index (χ4v) is 2.60. The predicted molar refractivity (Wildman–Crippen MR) is 81.2 cm³/mol. The number of nitrogen functional groups attached to an aromatic ring is 1. The second-order valence-electron chi connectivity index (χ2n) is 4.09. The van der Waals surface area contributed by atoms with Crippen LogP contribution in [0.15, 0.2) is 34.7 Å². The van der Waals surface area contributed by atoms with Gasteiger partial charge in [0.1, 0.15) is 5.69 Å². The van der Waals surface area contributed by atoms with E-state index in [9.17, 15) is 0 Å². The van der Waals surface area contributed by atoms with Gasteiger partial charge in [-0.15, -0.1) is 0 Å². The zero-order valence-electron chi connectivity index (χ0n) is 9.95. The van der Waals surface area contributed by atoms with Crippen LogP contribution in [0.5, 0.6) is 0 Å². The molecule has 2 heterocycles. The molecule has 1 aromatic carbocycles. The Morgan fingerprint density at radius 2 is 1.90 bits per heavy atom. The SMILES string of the molecule is Nc1n[nH]c(-c2ccc(Cl)o2)c1-c1ccc(Cl)cc1Cl. The number of hydrogen-bond acceptors (Lipinski definition) is 3. The molecule has 0 aliphatic carbocycles. The highest BCUT2D eigenvalue weighted by Gasteiger charge is 2.19. The predicted octanol–water partition coefficient (Wildman–Crippen LogP) is 4.88. The average molecular weight is 329 g/mol. The lowest BCUT2D eigenvalue weighted by molar-refractivity contribution is 0.582. The number of hydrogen-bond donors (Lipinski definition) is 2. The summed E-state index contributed by atoms with van der Waals surface area (Å²) in [5, 5.41) is 8.13. The fourth-order valence-electron chi connectivity index (χ4n) is 1.95. The van der Waals surface area contributed by atoms with E-state index in [1.54, 1.807) is 30.3 Å². The highest BCUT2D eigenvalue weighted by Crippen LogP contribution is 2.40. The number of benzene rings is 1. The molecular weight excluding hydrogens is 321 g/mol. The van der Waals surface area contributed by atoms with Crippen LogP contribution < -0.4 is 5.73 Å². The zero-order chi connectivity index (χ0) is 14.3. The summed E-state index contributed by atoms with van der Waals surface area (Å²) < 4.78 is 5.38. The summed E-state index contributed by atoms with van der Waals surface area (Å²) >= 11 is 17.9. The Kier molecular flexibility index (Phi) is 3.38. The van der Waals surface area contributed by atoms with Crippen molar-refractivity contribution in [3.8, 4) is 22.6 Å². The van der Waals surface area contributed by atoms with Crippen molar-refractivity contribution >= 4 is 40.6 Å². The number of nitrogens with zero attached hydrogens (tertiary/aromatic N) is 1. The van der Waals surface area contributed by atoms with Crippen LogP contribution in [0.3, 0.4) is 0 Å². The number of anilines is 1. The van der Waals surface area contributed by atoms with E-state index < -0.39 is 0 Å². The second kappa shape index (κ2) is 5.05. The highest BCUT2D eigenvalue weighted by molar-refractivity contribution is 6.36. The van der Waals surface area contributed by atoms with E-state index in [0.29, 0.717) is 38.4 Å². The molecule has 0 aliphatic heterocycles. The minimum atomic E-state index is 0.279. The first-order chi connectivity index (χ1) is 9.56. The molecule has 20 heavy (non-hydrogen) atoms. The Morgan fingerprint density at radius 3 is 2.55 bits per heavy atom. The third-order valence-electron chi connectivity index (χ3n) is 2.81. The van der Waals surface area contributed by atoms with E-state index in [2.05, 4.69) is 10.2 Å². The molecule has 3 aromatic rings. The summed E-state index contributed by atoms with van der Waals surface area (Å²) in [6.07, 6.45) is 0. The number of rotatable bonds is 2. The molecule has 0 radical (unpaired) electrons. The Morgan fingerprint density at radius 1 is 1.10 bits per heavy atom. The number of nitrogens with two attached hydrogens (primary N) is 1. The number of furan rings is 1. The summed E-state index contributed by atoms with van der Waals surface area (Å²) in [6.45, 7) is 0. The lowest BCUT2D eigenvalue weighted by atomic mass is 10.0. The van der Waals surface area contributed by atoms with Crippen molar-refractivity contribution < 1.29 is 4.42 Å². The van der Waals surface area contributed by atoms with Crippen LogP contribution in [0.1, 0.15) is 0 Å². The largest absolute Gasteiger partial charge is 0.443 e. The van der Waals surface area contributed by atoms with Crippen molar-refractivity contribution in [1.82, 2.24) is 10.2 Å². The first-order valence-electron chi connectivity index (χ1n) is 5.61. The molecular formula is C13H8Cl3N3O. The van der Waals surface area contributed by atoms with Gasteiger partial charge in [0.25, 0.3) is 0 Å². The Bertz CT molecular complexity index is 779. The van der Waals surface area contributed by atoms with Crippen LogP contribution in [0, 0.1) is 0 Å². The maximum absolute atomic E-state index is 6.22. The molecule has 102 valence electrons. The molecule has 0 unspecified atom stereocenters. The topological polar surface area (TPSA) is 67.8 Å². The van der Waals surface area contributed by atoms with Crippen molar-refractivity contribution in [3.63, 3.8) is 0 Å². The molecule has 0 saturated heterocycles. The fraction of sp³-hybridized carbons (Fsp3) is 0. The van der Waals surface area contributed by atoms with Crippen molar-refractivity contribution in [2.24, 2.45) is 0 Å². The minimum absolute atomic E-state index is 0.279. The summed E-state index contributed by atoms with van der Waals surface area (Å²) in [5.41, 5.74) is 7.89. The monoisotopic (exact) mass is 327 g/mol. The van der Waals surface area contributed by atoms with Gasteiger partial charge in [0, 0.05) is 10.6 Å². The van der Waals surface area contributed by atoms with E-state index in [4.69, 9.17) is 45.0 Å². The molecule has 3 rings (SSSR count). The maximum atomic E-state index is 6.22. The van der Waals surface area contributed by atoms with Crippen LogP contribution in [0.25, 0.3) is 22.6 Å². The zero-order valence-corrected chi connectivity index (χ0v) is 12.2. The van der Waals surface area contributed by atoms with Gasteiger partial charge in [-0.3, -0.25) is 5.10 Å². The maximum Gasteiger partial charge on any atom is 0.194 e. The highest BCUT2D eigenvalue weighted by atomic mass is 35.5. The summed E-state index contributed by atoms with van der Waals surface area (Å²) in [5.74, 6) is 0.844. The molecule has 3 N–H and O–H groups in total. The van der Waals surface area contributed by atoms with Crippen molar-refractivity contribution in [2.45, 2.75) is 0 Å². The molecule has 2 aromatic heterocycles. The van der Waals surface area contributed by atoms with E-state index in [0.717, 1.165) is 0 Å². The van der Waals surface area contributed by atoms with Gasteiger partial charge in [0.15, 0.2) is 16.8 Å². The van der Waals surface area contributed by atoms with Crippen molar-refractivity contribution in [3.05, 3.63) is 45.6 Å². The van der Waals surface area contributed by atoms with Gasteiger partial charge < -0.3 is 10.2 Å². The summed E-state index contributed by atoms with van der Waals surface area (Å²) in [7, 11) is 0. The number of halogens is 3. The summed E-state index contributed by atoms with van der Waals surface area (Å²) in [4.78, 5) is 0. The third-order valence-corrected chi connectivity index (χ3v) is 3.57. The van der Waals surface area contributed by atoms with E-state index >= 15 is 0 Å². The quantitative estimate of drug-likeness (QED) is 0.704. The van der Waals surface area contributed by atoms with Gasteiger partial charge in [-0.25, -0.2) is 0 Å². The number of aromatic amines is 1. The minimum Gasteiger partial charge on any atom is -0.443 e. The molecule has 0 spiro atoms. The molecule has 0 fully saturated rings. The average Bonchev–Trinajstić information content (AvgIpc) is 2.96. The van der Waals surface area contributed by atoms with Crippen LogP contribution in [0.4, 0.5) is 5.82 Å². The van der Waals surface area contributed by atoms with Crippen LogP contribution in [-0.4, -0.2) is 10.2 Å². The Labute approximate surface area is 129 Å². The Hall–Kier alpha value is -1.62. The normalized spacial score (nSPS) is 10.9. The van der Waals surface area contributed by atoms with Gasteiger partial charge in [0.2, 0.25) is 0 Å². The number of H-pyrrole nitrogens is 1. The van der Waals surface area contributed by atoms with E-state index in [-0.39, 0.29) is 5.22 Å². The van der Waals surface area contributed by atoms with E-state index in [1.165, 1.54) is 0 Å². The van der Waals surface area contributed by atoms with Crippen molar-refractivity contribution in [1.29, 1.82) is 0 Å².